The monoisotopic (exact) mass is 278 g/mol. The molecule has 3 heteroatoms. The van der Waals surface area contributed by atoms with Gasteiger partial charge in [-0.25, -0.2) is 0 Å². The second-order valence-electron chi connectivity index (χ2n) is 5.94. The second-order valence-corrected chi connectivity index (χ2v) is 5.94. The van der Waals surface area contributed by atoms with Gasteiger partial charge in [-0.05, 0) is 47.4 Å². The number of nitrogens with zero attached hydrogens (tertiary/aromatic N) is 1. The number of aryl methyl sites for hydroxylation is 2. The minimum absolute atomic E-state index is 0.308. The van der Waals surface area contributed by atoms with Crippen molar-refractivity contribution in [3.63, 3.8) is 0 Å². The maximum atomic E-state index is 5.61. The van der Waals surface area contributed by atoms with Gasteiger partial charge in [-0.3, -0.25) is 0 Å². The lowest BCUT2D eigenvalue weighted by Crippen LogP contribution is -2.33. The van der Waals surface area contributed by atoms with Crippen molar-refractivity contribution < 1.29 is 4.74 Å². The van der Waals surface area contributed by atoms with Crippen LogP contribution in [0, 0.1) is 13.8 Å². The molecule has 1 rings (SSSR count). The Kier molecular flexibility index (Phi) is 7.20. The second kappa shape index (κ2) is 8.40. The summed E-state index contributed by atoms with van der Waals surface area (Å²) >= 11 is 0. The van der Waals surface area contributed by atoms with Crippen molar-refractivity contribution in [3.8, 4) is 0 Å². The maximum Gasteiger partial charge on any atom is 0.0596 e. The molecule has 0 fully saturated rings. The van der Waals surface area contributed by atoms with E-state index in [1.807, 2.05) is 7.05 Å². The summed E-state index contributed by atoms with van der Waals surface area (Å²) in [7, 11) is 4.18. The topological polar surface area (TPSA) is 24.5 Å². The summed E-state index contributed by atoms with van der Waals surface area (Å²) in [6, 6.07) is 7.12. The highest BCUT2D eigenvalue weighted by molar-refractivity contribution is 5.30. The van der Waals surface area contributed by atoms with E-state index in [9.17, 15) is 0 Å². The van der Waals surface area contributed by atoms with E-state index in [1.165, 1.54) is 16.7 Å². The predicted octanol–water partition coefficient (Wildman–Crippen LogP) is 2.92. The van der Waals surface area contributed by atoms with Crippen molar-refractivity contribution in [1.29, 1.82) is 0 Å². The van der Waals surface area contributed by atoms with Crippen LogP contribution in [0.25, 0.3) is 0 Å². The van der Waals surface area contributed by atoms with Gasteiger partial charge in [0, 0.05) is 19.1 Å². The molecule has 0 aromatic heterocycles. The van der Waals surface area contributed by atoms with E-state index in [0.717, 1.165) is 19.7 Å². The van der Waals surface area contributed by atoms with E-state index in [1.54, 1.807) is 0 Å². The van der Waals surface area contributed by atoms with Gasteiger partial charge in [0.25, 0.3) is 0 Å². The number of nitrogens with one attached hydrogen (secondary N) is 1. The third-order valence-corrected chi connectivity index (χ3v) is 3.41. The van der Waals surface area contributed by atoms with Gasteiger partial charge in [-0.2, -0.15) is 0 Å². The van der Waals surface area contributed by atoms with Crippen LogP contribution in [-0.2, 0) is 4.74 Å². The zero-order chi connectivity index (χ0) is 15.1. The first kappa shape index (κ1) is 17.2. The largest absolute Gasteiger partial charge is 0.377 e. The highest BCUT2D eigenvalue weighted by atomic mass is 16.5. The fourth-order valence-corrected chi connectivity index (χ4v) is 2.42. The van der Waals surface area contributed by atoms with E-state index in [2.05, 4.69) is 63.2 Å². The van der Waals surface area contributed by atoms with Crippen molar-refractivity contribution in [2.45, 2.75) is 39.8 Å². The minimum Gasteiger partial charge on any atom is -0.377 e. The lowest BCUT2D eigenvalue weighted by atomic mass is 10.0. The molecule has 1 aromatic rings. The molecule has 0 saturated heterocycles. The number of benzene rings is 1. The maximum absolute atomic E-state index is 5.61. The third kappa shape index (κ3) is 6.04. The zero-order valence-corrected chi connectivity index (χ0v) is 13.9. The van der Waals surface area contributed by atoms with E-state index in [-0.39, 0.29) is 0 Å². The van der Waals surface area contributed by atoms with Crippen LogP contribution in [-0.4, -0.2) is 44.8 Å². The quantitative estimate of drug-likeness (QED) is 0.791. The summed E-state index contributed by atoms with van der Waals surface area (Å²) in [4.78, 5) is 2.32. The van der Waals surface area contributed by atoms with Crippen LogP contribution < -0.4 is 5.32 Å². The number of hydrogen-bond donors (Lipinski definition) is 1. The van der Waals surface area contributed by atoms with Gasteiger partial charge in [-0.15, -0.1) is 0 Å². The van der Waals surface area contributed by atoms with Crippen LogP contribution in [0.5, 0.6) is 0 Å². The van der Waals surface area contributed by atoms with E-state index >= 15 is 0 Å². The molecule has 0 radical (unpaired) electrons. The number of hydrogen-bond acceptors (Lipinski definition) is 3. The average molecular weight is 278 g/mol. The average Bonchev–Trinajstić information content (AvgIpc) is 2.34. The number of rotatable bonds is 8. The molecule has 0 aliphatic heterocycles. The van der Waals surface area contributed by atoms with Crippen LogP contribution in [0.2, 0.25) is 0 Å². The molecule has 0 heterocycles. The first-order valence-corrected chi connectivity index (χ1v) is 7.48. The van der Waals surface area contributed by atoms with Crippen molar-refractivity contribution in [3.05, 3.63) is 34.9 Å². The molecular formula is C17H30N2O. The molecule has 20 heavy (non-hydrogen) atoms. The molecule has 1 atom stereocenters. The highest BCUT2D eigenvalue weighted by Gasteiger charge is 2.12. The molecule has 1 aromatic carbocycles. The first-order valence-electron chi connectivity index (χ1n) is 7.48. The molecule has 1 unspecified atom stereocenters. The smallest absolute Gasteiger partial charge is 0.0596 e. The van der Waals surface area contributed by atoms with Gasteiger partial charge < -0.3 is 15.0 Å². The standard InChI is InChI=1S/C17H30N2O/c1-13(2)20-8-7-19(6)12-17(18-5)16-10-14(3)9-15(4)11-16/h9-11,13,17-18H,7-8,12H2,1-6H3. The van der Waals surface area contributed by atoms with Crippen LogP contribution in [0.15, 0.2) is 18.2 Å². The molecule has 0 spiro atoms. The molecule has 1 N–H and O–H groups in total. The van der Waals surface area contributed by atoms with Crippen molar-refractivity contribution >= 4 is 0 Å². The molecule has 0 aliphatic rings. The van der Waals surface area contributed by atoms with E-state index in [0.29, 0.717) is 12.1 Å². The molecule has 3 nitrogen and oxygen atoms in total. The Bertz CT molecular complexity index is 384. The van der Waals surface area contributed by atoms with Gasteiger partial charge in [0.05, 0.1) is 12.7 Å². The summed E-state index contributed by atoms with van der Waals surface area (Å²) in [5.41, 5.74) is 4.01. The molecule has 0 amide bonds. The van der Waals surface area contributed by atoms with Crippen LogP contribution in [0.3, 0.4) is 0 Å². The Morgan fingerprint density at radius 3 is 2.25 bits per heavy atom. The Morgan fingerprint density at radius 2 is 1.75 bits per heavy atom. The van der Waals surface area contributed by atoms with Crippen LogP contribution >= 0.6 is 0 Å². The third-order valence-electron chi connectivity index (χ3n) is 3.41. The Labute approximate surface area is 124 Å². The Hall–Kier alpha value is -0.900. The normalized spacial score (nSPS) is 13.2. The summed E-state index contributed by atoms with van der Waals surface area (Å²) in [6.45, 7) is 11.2. The Morgan fingerprint density at radius 1 is 1.15 bits per heavy atom. The first-order chi connectivity index (χ1) is 9.42. The van der Waals surface area contributed by atoms with Gasteiger partial charge in [0.1, 0.15) is 0 Å². The molecule has 114 valence electrons. The number of ether oxygens (including phenoxy) is 1. The van der Waals surface area contributed by atoms with E-state index in [4.69, 9.17) is 4.74 Å². The SMILES string of the molecule is CNC(CN(C)CCOC(C)C)c1cc(C)cc(C)c1. The summed E-state index contributed by atoms with van der Waals surface area (Å²) < 4.78 is 5.61. The highest BCUT2D eigenvalue weighted by Crippen LogP contribution is 2.17. The summed E-state index contributed by atoms with van der Waals surface area (Å²) in [6.07, 6.45) is 0.308. The summed E-state index contributed by atoms with van der Waals surface area (Å²) in [5, 5.41) is 3.42. The molecule has 0 aliphatic carbocycles. The van der Waals surface area contributed by atoms with Gasteiger partial charge in [0.2, 0.25) is 0 Å². The van der Waals surface area contributed by atoms with Crippen molar-refractivity contribution in [1.82, 2.24) is 10.2 Å². The zero-order valence-electron chi connectivity index (χ0n) is 13.9. The van der Waals surface area contributed by atoms with Crippen molar-refractivity contribution in [2.75, 3.05) is 33.8 Å². The minimum atomic E-state index is 0.308. The van der Waals surface area contributed by atoms with Crippen LogP contribution in [0.4, 0.5) is 0 Å². The molecule has 0 saturated carbocycles. The predicted molar refractivity (Wildman–Crippen MR) is 86.3 cm³/mol. The van der Waals surface area contributed by atoms with E-state index < -0.39 is 0 Å². The van der Waals surface area contributed by atoms with Crippen molar-refractivity contribution in [2.24, 2.45) is 0 Å². The number of likely N-dealkylation sites (N-methyl/N-ethyl adjacent to an activating group) is 2. The van der Waals surface area contributed by atoms with Crippen LogP contribution in [0.1, 0.15) is 36.6 Å². The summed E-state index contributed by atoms with van der Waals surface area (Å²) in [5.74, 6) is 0. The van der Waals surface area contributed by atoms with Gasteiger partial charge in [-0.1, -0.05) is 29.3 Å². The lowest BCUT2D eigenvalue weighted by molar-refractivity contribution is 0.0624. The Balaban J connectivity index is 2.57. The fraction of sp³-hybridized carbons (Fsp3) is 0.647. The fourth-order valence-electron chi connectivity index (χ4n) is 2.42. The van der Waals surface area contributed by atoms with Gasteiger partial charge in [0.15, 0.2) is 0 Å². The molecule has 0 bridgehead atoms. The molecular weight excluding hydrogens is 248 g/mol. The van der Waals surface area contributed by atoms with Gasteiger partial charge >= 0.3 is 0 Å². The lowest BCUT2D eigenvalue weighted by Gasteiger charge is -2.25.